The van der Waals surface area contributed by atoms with Gasteiger partial charge in [0.1, 0.15) is 11.4 Å². The molecule has 1 aromatic heterocycles. The number of carbonyl (C=O) groups excluding carboxylic acids is 1. The van der Waals surface area contributed by atoms with Crippen LogP contribution in [0.2, 0.25) is 0 Å². The van der Waals surface area contributed by atoms with Gasteiger partial charge in [-0.15, -0.1) is 0 Å². The molecule has 122 valence electrons. The minimum absolute atomic E-state index is 0.249. The number of amides is 1. The van der Waals surface area contributed by atoms with Gasteiger partial charge in [0.2, 0.25) is 0 Å². The Morgan fingerprint density at radius 1 is 1.35 bits per heavy atom. The number of aromatic amines is 1. The van der Waals surface area contributed by atoms with Crippen LogP contribution < -0.4 is 0 Å². The molecule has 1 aromatic carbocycles. The van der Waals surface area contributed by atoms with Crippen molar-refractivity contribution in [2.45, 2.75) is 32.8 Å². The molecular weight excluding hydrogens is 295 g/mol. The molecule has 1 aliphatic rings. The zero-order valence-corrected chi connectivity index (χ0v) is 13.6. The third-order valence-electron chi connectivity index (χ3n) is 3.87. The predicted molar refractivity (Wildman–Crippen MR) is 88.7 cm³/mol. The van der Waals surface area contributed by atoms with Crippen molar-refractivity contribution < 1.29 is 13.9 Å². The Morgan fingerprint density at radius 3 is 2.78 bits per heavy atom. The summed E-state index contributed by atoms with van der Waals surface area (Å²) in [7, 11) is 0. The van der Waals surface area contributed by atoms with Gasteiger partial charge >= 0.3 is 6.09 Å². The Bertz CT molecular complexity index is 771. The van der Waals surface area contributed by atoms with Gasteiger partial charge in [0, 0.05) is 30.2 Å². The van der Waals surface area contributed by atoms with Crippen LogP contribution in [0.25, 0.3) is 16.5 Å². The van der Waals surface area contributed by atoms with Crippen molar-refractivity contribution >= 4 is 22.6 Å². The van der Waals surface area contributed by atoms with Crippen molar-refractivity contribution in [3.05, 3.63) is 41.9 Å². The number of halogens is 1. The highest BCUT2D eigenvalue weighted by Gasteiger charge is 2.24. The Kier molecular flexibility index (Phi) is 3.88. The van der Waals surface area contributed by atoms with E-state index >= 15 is 0 Å². The van der Waals surface area contributed by atoms with E-state index in [1.165, 1.54) is 6.07 Å². The SMILES string of the molecule is CC(C)(C)OC(=O)N1CC=C(c2c[nH]c3c(F)cccc23)CC1. The van der Waals surface area contributed by atoms with Crippen LogP contribution in [0, 0.1) is 5.82 Å². The molecule has 5 heteroatoms. The maximum atomic E-state index is 13.8. The van der Waals surface area contributed by atoms with E-state index in [2.05, 4.69) is 4.98 Å². The summed E-state index contributed by atoms with van der Waals surface area (Å²) in [4.78, 5) is 16.8. The van der Waals surface area contributed by atoms with E-state index in [9.17, 15) is 9.18 Å². The van der Waals surface area contributed by atoms with Crippen molar-refractivity contribution in [1.82, 2.24) is 9.88 Å². The molecule has 0 unspecified atom stereocenters. The fourth-order valence-corrected chi connectivity index (χ4v) is 2.79. The van der Waals surface area contributed by atoms with Crippen LogP contribution in [0.15, 0.2) is 30.5 Å². The summed E-state index contributed by atoms with van der Waals surface area (Å²) < 4.78 is 19.2. The number of para-hydroxylation sites is 1. The zero-order chi connectivity index (χ0) is 16.6. The van der Waals surface area contributed by atoms with Gasteiger partial charge in [-0.1, -0.05) is 18.2 Å². The molecule has 0 fully saturated rings. The van der Waals surface area contributed by atoms with Crippen LogP contribution in [0.1, 0.15) is 32.8 Å². The van der Waals surface area contributed by atoms with Crippen LogP contribution in [0.3, 0.4) is 0 Å². The smallest absolute Gasteiger partial charge is 0.410 e. The number of rotatable bonds is 1. The Hall–Kier alpha value is -2.30. The van der Waals surface area contributed by atoms with Crippen molar-refractivity contribution in [1.29, 1.82) is 0 Å². The molecule has 2 aromatic rings. The molecule has 0 saturated carbocycles. The molecule has 4 nitrogen and oxygen atoms in total. The quantitative estimate of drug-likeness (QED) is 0.851. The number of carbonyl (C=O) groups is 1. The number of aromatic nitrogens is 1. The molecule has 0 saturated heterocycles. The highest BCUT2D eigenvalue weighted by Crippen LogP contribution is 2.30. The fourth-order valence-electron chi connectivity index (χ4n) is 2.79. The van der Waals surface area contributed by atoms with E-state index in [1.54, 1.807) is 11.0 Å². The number of fused-ring (bicyclic) bond motifs is 1. The van der Waals surface area contributed by atoms with Gasteiger partial charge in [0.05, 0.1) is 5.52 Å². The number of hydrogen-bond acceptors (Lipinski definition) is 2. The average molecular weight is 316 g/mol. The van der Waals surface area contributed by atoms with E-state index in [0.717, 1.165) is 22.9 Å². The highest BCUT2D eigenvalue weighted by atomic mass is 19.1. The molecule has 0 spiro atoms. The number of nitrogens with zero attached hydrogens (tertiary/aromatic N) is 1. The zero-order valence-electron chi connectivity index (χ0n) is 13.6. The first-order valence-corrected chi connectivity index (χ1v) is 7.78. The number of ether oxygens (including phenoxy) is 1. The summed E-state index contributed by atoms with van der Waals surface area (Å²) in [6, 6.07) is 5.07. The minimum atomic E-state index is -0.491. The van der Waals surface area contributed by atoms with Gasteiger partial charge in [-0.3, -0.25) is 0 Å². The van der Waals surface area contributed by atoms with Crippen LogP contribution >= 0.6 is 0 Å². The normalized spacial score (nSPS) is 15.7. The van der Waals surface area contributed by atoms with E-state index in [4.69, 9.17) is 4.74 Å². The average Bonchev–Trinajstić information content (AvgIpc) is 2.91. The lowest BCUT2D eigenvalue weighted by Gasteiger charge is -2.29. The van der Waals surface area contributed by atoms with Crippen LogP contribution in [-0.2, 0) is 4.74 Å². The second kappa shape index (κ2) is 5.72. The number of nitrogens with one attached hydrogen (secondary N) is 1. The Balaban J connectivity index is 1.79. The number of H-pyrrole nitrogens is 1. The first-order valence-electron chi connectivity index (χ1n) is 7.78. The van der Waals surface area contributed by atoms with E-state index in [-0.39, 0.29) is 11.9 Å². The first kappa shape index (κ1) is 15.6. The maximum Gasteiger partial charge on any atom is 0.410 e. The molecule has 2 heterocycles. The molecule has 1 amide bonds. The standard InChI is InChI=1S/C18H21FN2O2/c1-18(2,3)23-17(22)21-9-7-12(8-10-21)14-11-20-16-13(14)5-4-6-15(16)19/h4-7,11,20H,8-10H2,1-3H3. The third-order valence-corrected chi connectivity index (χ3v) is 3.87. The minimum Gasteiger partial charge on any atom is -0.444 e. The third kappa shape index (κ3) is 3.23. The van der Waals surface area contributed by atoms with Gasteiger partial charge in [-0.2, -0.15) is 0 Å². The largest absolute Gasteiger partial charge is 0.444 e. The lowest BCUT2D eigenvalue weighted by atomic mass is 9.99. The Morgan fingerprint density at radius 2 is 2.13 bits per heavy atom. The highest BCUT2D eigenvalue weighted by molar-refractivity contribution is 5.93. The van der Waals surface area contributed by atoms with Crippen molar-refractivity contribution in [2.75, 3.05) is 13.1 Å². The summed E-state index contributed by atoms with van der Waals surface area (Å²) >= 11 is 0. The molecule has 0 aliphatic carbocycles. The van der Waals surface area contributed by atoms with E-state index in [1.807, 2.05) is 39.1 Å². The summed E-state index contributed by atoms with van der Waals surface area (Å²) in [6.07, 6.45) is 4.28. The maximum absolute atomic E-state index is 13.8. The van der Waals surface area contributed by atoms with Gasteiger partial charge in [-0.05, 0) is 38.8 Å². The van der Waals surface area contributed by atoms with Crippen LogP contribution in [0.5, 0.6) is 0 Å². The van der Waals surface area contributed by atoms with Crippen molar-refractivity contribution in [2.24, 2.45) is 0 Å². The van der Waals surface area contributed by atoms with Crippen molar-refractivity contribution in [3.8, 4) is 0 Å². The molecule has 0 bridgehead atoms. The predicted octanol–water partition coefficient (Wildman–Crippen LogP) is 4.33. The molecule has 0 atom stereocenters. The lowest BCUT2D eigenvalue weighted by molar-refractivity contribution is 0.0270. The summed E-state index contributed by atoms with van der Waals surface area (Å²) in [5.74, 6) is -0.249. The molecular formula is C18H21FN2O2. The second-order valence-electron chi connectivity index (χ2n) is 6.77. The molecule has 0 radical (unpaired) electrons. The first-order chi connectivity index (χ1) is 10.8. The number of hydrogen-bond donors (Lipinski definition) is 1. The van der Waals surface area contributed by atoms with Crippen molar-refractivity contribution in [3.63, 3.8) is 0 Å². The monoisotopic (exact) mass is 316 g/mol. The van der Waals surface area contributed by atoms with E-state index in [0.29, 0.717) is 18.6 Å². The Labute approximate surface area is 134 Å². The summed E-state index contributed by atoms with van der Waals surface area (Å²) in [6.45, 7) is 6.68. The van der Waals surface area contributed by atoms with Crippen LogP contribution in [-0.4, -0.2) is 34.7 Å². The molecule has 3 rings (SSSR count). The fraction of sp³-hybridized carbons (Fsp3) is 0.389. The topological polar surface area (TPSA) is 45.3 Å². The molecule has 23 heavy (non-hydrogen) atoms. The van der Waals surface area contributed by atoms with Gasteiger partial charge < -0.3 is 14.6 Å². The van der Waals surface area contributed by atoms with Gasteiger partial charge in [0.25, 0.3) is 0 Å². The summed E-state index contributed by atoms with van der Waals surface area (Å²) in [5.41, 5.74) is 2.16. The number of benzene rings is 1. The van der Waals surface area contributed by atoms with Gasteiger partial charge in [0.15, 0.2) is 0 Å². The van der Waals surface area contributed by atoms with Gasteiger partial charge in [-0.25, -0.2) is 9.18 Å². The summed E-state index contributed by atoms with van der Waals surface area (Å²) in [5, 5.41) is 0.877. The van der Waals surface area contributed by atoms with Crippen LogP contribution in [0.4, 0.5) is 9.18 Å². The lowest BCUT2D eigenvalue weighted by Crippen LogP contribution is -2.39. The molecule has 1 aliphatic heterocycles. The van der Waals surface area contributed by atoms with E-state index < -0.39 is 5.60 Å². The second-order valence-corrected chi connectivity index (χ2v) is 6.77. The molecule has 1 N–H and O–H groups in total.